The van der Waals surface area contributed by atoms with Gasteiger partial charge in [-0.05, 0) is 6.07 Å². The third kappa shape index (κ3) is 1.92. The van der Waals surface area contributed by atoms with Gasteiger partial charge in [0.15, 0.2) is 0 Å². The lowest BCUT2D eigenvalue weighted by Crippen LogP contribution is -2.23. The van der Waals surface area contributed by atoms with Crippen LogP contribution < -0.4 is 0 Å². The largest absolute Gasteiger partial charge is 0.342 e. The smallest absolute Gasteiger partial charge is 0.291 e. The highest BCUT2D eigenvalue weighted by atomic mass is 35.5. The Morgan fingerprint density at radius 3 is 2.75 bits per heavy atom. The minimum Gasteiger partial charge on any atom is -0.342 e. The molecule has 5 heteroatoms. The van der Waals surface area contributed by atoms with E-state index in [1.165, 1.54) is 17.2 Å². The molecule has 0 aliphatic rings. The molecule has 0 aliphatic heterocycles. The van der Waals surface area contributed by atoms with Crippen molar-refractivity contribution >= 4 is 17.5 Å². The van der Waals surface area contributed by atoms with Gasteiger partial charge < -0.3 is 4.90 Å². The fourth-order valence-electron chi connectivity index (χ4n) is 0.640. The molecule has 1 amide bonds. The maximum Gasteiger partial charge on any atom is 0.291 e. The first-order valence-corrected chi connectivity index (χ1v) is 3.69. The van der Waals surface area contributed by atoms with Crippen molar-refractivity contribution in [2.45, 2.75) is 0 Å². The summed E-state index contributed by atoms with van der Waals surface area (Å²) in [5.41, 5.74) is 0. The van der Waals surface area contributed by atoms with Crippen LogP contribution in [-0.2, 0) is 0 Å². The van der Waals surface area contributed by atoms with Crippen LogP contribution in [0, 0.1) is 0 Å². The van der Waals surface area contributed by atoms with E-state index in [1.807, 2.05) is 0 Å². The maximum absolute atomic E-state index is 11.2. The summed E-state index contributed by atoms with van der Waals surface area (Å²) in [5, 5.41) is 0.273. The molecule has 0 radical (unpaired) electrons. The van der Waals surface area contributed by atoms with Crippen LogP contribution in [0.4, 0.5) is 0 Å². The maximum atomic E-state index is 11.2. The molecule has 0 aliphatic carbocycles. The van der Waals surface area contributed by atoms with E-state index in [2.05, 4.69) is 9.97 Å². The van der Waals surface area contributed by atoms with Gasteiger partial charge in [0.05, 0.1) is 0 Å². The molecule has 0 N–H and O–H groups in total. The molecule has 0 spiro atoms. The zero-order valence-electron chi connectivity index (χ0n) is 6.78. The molecular formula is C7H8ClN3O. The van der Waals surface area contributed by atoms with Crippen LogP contribution in [-0.4, -0.2) is 34.9 Å². The summed E-state index contributed by atoms with van der Waals surface area (Å²) >= 11 is 5.57. The lowest BCUT2D eigenvalue weighted by molar-refractivity contribution is 0.0816. The van der Waals surface area contributed by atoms with E-state index in [9.17, 15) is 4.79 Å². The van der Waals surface area contributed by atoms with Gasteiger partial charge in [0.2, 0.25) is 5.82 Å². The predicted molar refractivity (Wildman–Crippen MR) is 45.1 cm³/mol. The number of carbonyl (C=O) groups excluding carboxylic acids is 1. The fourth-order valence-corrected chi connectivity index (χ4v) is 0.776. The first-order valence-electron chi connectivity index (χ1n) is 3.31. The van der Waals surface area contributed by atoms with Crippen LogP contribution in [0.2, 0.25) is 5.15 Å². The summed E-state index contributed by atoms with van der Waals surface area (Å²) in [6, 6.07) is 1.52. The first-order chi connectivity index (χ1) is 5.61. The molecule has 0 saturated carbocycles. The summed E-state index contributed by atoms with van der Waals surface area (Å²) < 4.78 is 0. The van der Waals surface area contributed by atoms with Crippen LogP contribution in [0.5, 0.6) is 0 Å². The van der Waals surface area contributed by atoms with Gasteiger partial charge in [-0.2, -0.15) is 0 Å². The van der Waals surface area contributed by atoms with Crippen molar-refractivity contribution in [3.05, 3.63) is 23.2 Å². The fraction of sp³-hybridized carbons (Fsp3) is 0.286. The third-order valence-corrected chi connectivity index (χ3v) is 1.43. The quantitative estimate of drug-likeness (QED) is 0.609. The predicted octanol–water partition coefficient (Wildman–Crippen LogP) is 0.832. The monoisotopic (exact) mass is 185 g/mol. The molecule has 0 fully saturated rings. The molecule has 4 nitrogen and oxygen atoms in total. The Labute approximate surface area is 75.2 Å². The number of aromatic nitrogens is 2. The SMILES string of the molecule is CN(C)C(=O)c1nccc(Cl)n1. The molecule has 12 heavy (non-hydrogen) atoms. The number of nitrogens with zero attached hydrogens (tertiary/aromatic N) is 3. The number of rotatable bonds is 1. The van der Waals surface area contributed by atoms with Gasteiger partial charge in [0.25, 0.3) is 5.91 Å². The number of hydrogen-bond acceptors (Lipinski definition) is 3. The summed E-state index contributed by atoms with van der Waals surface area (Å²) in [7, 11) is 3.26. The lowest BCUT2D eigenvalue weighted by atomic mass is 10.5. The second-order valence-corrected chi connectivity index (χ2v) is 2.79. The number of hydrogen-bond donors (Lipinski definition) is 0. The van der Waals surface area contributed by atoms with Gasteiger partial charge in [-0.1, -0.05) is 11.6 Å². The standard InChI is InChI=1S/C7H8ClN3O/c1-11(2)7(12)6-9-4-3-5(8)10-6/h3-4H,1-2H3. The van der Waals surface area contributed by atoms with Crippen molar-refractivity contribution in [3.8, 4) is 0 Å². The van der Waals surface area contributed by atoms with Crippen molar-refractivity contribution in [2.24, 2.45) is 0 Å². The minimum atomic E-state index is -0.252. The molecule has 1 aromatic heterocycles. The van der Waals surface area contributed by atoms with E-state index in [4.69, 9.17) is 11.6 Å². The number of halogens is 1. The van der Waals surface area contributed by atoms with E-state index < -0.39 is 0 Å². The highest BCUT2D eigenvalue weighted by Gasteiger charge is 2.10. The van der Waals surface area contributed by atoms with E-state index in [0.717, 1.165) is 0 Å². The topological polar surface area (TPSA) is 46.1 Å². The second-order valence-electron chi connectivity index (χ2n) is 2.40. The average Bonchev–Trinajstić information content (AvgIpc) is 2.03. The Kier molecular flexibility index (Phi) is 2.60. The molecular weight excluding hydrogens is 178 g/mol. The van der Waals surface area contributed by atoms with Crippen LogP contribution in [0.3, 0.4) is 0 Å². The molecule has 1 rings (SSSR count). The van der Waals surface area contributed by atoms with Gasteiger partial charge in [-0.15, -0.1) is 0 Å². The normalized spacial score (nSPS) is 9.58. The van der Waals surface area contributed by atoms with Crippen molar-refractivity contribution in [1.82, 2.24) is 14.9 Å². The van der Waals surface area contributed by atoms with E-state index >= 15 is 0 Å². The van der Waals surface area contributed by atoms with Gasteiger partial charge in [-0.3, -0.25) is 4.79 Å². The lowest BCUT2D eigenvalue weighted by Gasteiger charge is -2.07. The Morgan fingerprint density at radius 1 is 1.58 bits per heavy atom. The van der Waals surface area contributed by atoms with E-state index in [0.29, 0.717) is 0 Å². The van der Waals surface area contributed by atoms with Crippen molar-refractivity contribution in [2.75, 3.05) is 14.1 Å². The molecule has 0 atom stereocenters. The van der Waals surface area contributed by atoms with Crippen LogP contribution >= 0.6 is 11.6 Å². The molecule has 0 saturated heterocycles. The summed E-state index contributed by atoms with van der Waals surface area (Å²) in [5.74, 6) is -0.134. The highest BCUT2D eigenvalue weighted by Crippen LogP contribution is 2.02. The molecule has 1 heterocycles. The first kappa shape index (κ1) is 8.93. The van der Waals surface area contributed by atoms with Crippen LogP contribution in [0.25, 0.3) is 0 Å². The van der Waals surface area contributed by atoms with Crippen molar-refractivity contribution in [1.29, 1.82) is 0 Å². The molecule has 1 aromatic rings. The Bertz CT molecular complexity index is 300. The van der Waals surface area contributed by atoms with Crippen LogP contribution in [0.15, 0.2) is 12.3 Å². The van der Waals surface area contributed by atoms with E-state index in [1.54, 1.807) is 14.1 Å². The van der Waals surface area contributed by atoms with Gasteiger partial charge >= 0.3 is 0 Å². The summed E-state index contributed by atoms with van der Waals surface area (Å²) in [4.78, 5) is 20.2. The summed E-state index contributed by atoms with van der Waals surface area (Å²) in [6.07, 6.45) is 1.45. The van der Waals surface area contributed by atoms with Gasteiger partial charge in [0.1, 0.15) is 5.15 Å². The summed E-state index contributed by atoms with van der Waals surface area (Å²) in [6.45, 7) is 0. The van der Waals surface area contributed by atoms with E-state index in [-0.39, 0.29) is 16.9 Å². The number of carbonyl (C=O) groups is 1. The Hall–Kier alpha value is -1.16. The Balaban J connectivity index is 2.96. The number of amides is 1. The van der Waals surface area contributed by atoms with Crippen LogP contribution in [0.1, 0.15) is 10.6 Å². The molecule has 0 unspecified atom stereocenters. The van der Waals surface area contributed by atoms with Crippen molar-refractivity contribution in [3.63, 3.8) is 0 Å². The highest BCUT2D eigenvalue weighted by molar-refractivity contribution is 6.29. The molecule has 0 aromatic carbocycles. The van der Waals surface area contributed by atoms with Gasteiger partial charge in [-0.25, -0.2) is 9.97 Å². The Morgan fingerprint density at radius 2 is 2.25 bits per heavy atom. The minimum absolute atomic E-state index is 0.118. The van der Waals surface area contributed by atoms with Crippen molar-refractivity contribution < 1.29 is 4.79 Å². The zero-order valence-corrected chi connectivity index (χ0v) is 7.54. The third-order valence-electron chi connectivity index (χ3n) is 1.22. The van der Waals surface area contributed by atoms with Gasteiger partial charge in [0, 0.05) is 20.3 Å². The molecule has 64 valence electrons. The second kappa shape index (κ2) is 3.49. The zero-order chi connectivity index (χ0) is 9.14. The molecule has 0 bridgehead atoms. The average molecular weight is 186 g/mol.